The Morgan fingerprint density at radius 2 is 2.00 bits per heavy atom. The van der Waals surface area contributed by atoms with Gasteiger partial charge in [-0.25, -0.2) is 4.98 Å². The van der Waals surface area contributed by atoms with Crippen LogP contribution in [0.3, 0.4) is 0 Å². The van der Waals surface area contributed by atoms with Crippen molar-refractivity contribution < 1.29 is 4.74 Å². The van der Waals surface area contributed by atoms with Crippen LogP contribution < -0.4 is 10.1 Å². The summed E-state index contributed by atoms with van der Waals surface area (Å²) in [6.07, 6.45) is 1.61. The number of nitrogens with one attached hydrogen (secondary N) is 1. The number of benzene rings is 1. The first-order valence-electron chi connectivity index (χ1n) is 5.94. The van der Waals surface area contributed by atoms with Crippen molar-refractivity contribution in [1.29, 1.82) is 0 Å². The van der Waals surface area contributed by atoms with Gasteiger partial charge < -0.3 is 14.6 Å². The number of aromatic nitrogens is 2. The average molecular weight is 424 g/mol. The highest BCUT2D eigenvalue weighted by molar-refractivity contribution is 9.11. The molecule has 0 aliphatic heterocycles. The van der Waals surface area contributed by atoms with Gasteiger partial charge in [-0.3, -0.25) is 0 Å². The molecule has 0 saturated heterocycles. The first-order valence-corrected chi connectivity index (χ1v) is 7.90. The van der Waals surface area contributed by atoms with Crippen molar-refractivity contribution in [3.63, 3.8) is 0 Å². The molecular formula is C13H14Br2ClN3O. The molecule has 0 aliphatic rings. The van der Waals surface area contributed by atoms with E-state index >= 15 is 0 Å². The number of imidazole rings is 1. The van der Waals surface area contributed by atoms with E-state index in [0.717, 1.165) is 27.1 Å². The molecule has 1 aromatic carbocycles. The lowest BCUT2D eigenvalue weighted by molar-refractivity contribution is 0.288. The van der Waals surface area contributed by atoms with Gasteiger partial charge in [-0.05, 0) is 56.6 Å². The van der Waals surface area contributed by atoms with Gasteiger partial charge in [0.25, 0.3) is 0 Å². The monoisotopic (exact) mass is 421 g/mol. The second kappa shape index (κ2) is 6.93. The Morgan fingerprint density at radius 3 is 2.50 bits per heavy atom. The molecule has 4 nitrogen and oxygen atoms in total. The van der Waals surface area contributed by atoms with Crippen LogP contribution in [0.2, 0.25) is 5.15 Å². The Balaban J connectivity index is 2.15. The molecule has 0 atom stereocenters. The molecule has 0 unspecified atom stereocenters. The number of rotatable bonds is 5. The fourth-order valence-corrected chi connectivity index (χ4v) is 3.41. The first-order chi connectivity index (χ1) is 9.52. The Bertz CT molecular complexity index is 593. The summed E-state index contributed by atoms with van der Waals surface area (Å²) in [4.78, 5) is 4.20. The Labute approximate surface area is 139 Å². The molecule has 1 aromatic heterocycles. The van der Waals surface area contributed by atoms with Crippen LogP contribution in [0.4, 0.5) is 0 Å². The highest BCUT2D eigenvalue weighted by atomic mass is 79.9. The minimum absolute atomic E-state index is 0.353. The maximum atomic E-state index is 5.95. The highest BCUT2D eigenvalue weighted by Gasteiger charge is 2.11. The SMILES string of the molecule is CNCc1cc(Br)c(OCc2ncc(Cl)n2C)c(Br)c1. The summed E-state index contributed by atoms with van der Waals surface area (Å²) in [5, 5.41) is 3.70. The third-order valence-electron chi connectivity index (χ3n) is 2.81. The lowest BCUT2D eigenvalue weighted by atomic mass is 10.2. The smallest absolute Gasteiger partial charge is 0.148 e. The van der Waals surface area contributed by atoms with Crippen molar-refractivity contribution in [2.75, 3.05) is 7.05 Å². The fourth-order valence-electron chi connectivity index (χ4n) is 1.75. The molecule has 0 spiro atoms. The van der Waals surface area contributed by atoms with Gasteiger partial charge in [0.15, 0.2) is 0 Å². The van der Waals surface area contributed by atoms with Gasteiger partial charge in [-0.1, -0.05) is 11.6 Å². The fraction of sp³-hybridized carbons (Fsp3) is 0.308. The van der Waals surface area contributed by atoms with E-state index in [1.807, 2.05) is 26.2 Å². The van der Waals surface area contributed by atoms with Crippen molar-refractivity contribution in [2.24, 2.45) is 7.05 Å². The summed E-state index contributed by atoms with van der Waals surface area (Å²) in [6, 6.07) is 4.06. The third-order valence-corrected chi connectivity index (χ3v) is 4.34. The van der Waals surface area contributed by atoms with E-state index in [4.69, 9.17) is 16.3 Å². The van der Waals surface area contributed by atoms with E-state index in [2.05, 4.69) is 42.2 Å². The standard InChI is InChI=1S/C13H14Br2ClN3O/c1-17-5-8-3-9(14)13(10(15)4-8)20-7-12-18-6-11(16)19(12)2/h3-4,6,17H,5,7H2,1-2H3. The maximum absolute atomic E-state index is 5.95. The van der Waals surface area contributed by atoms with Gasteiger partial charge in [-0.15, -0.1) is 0 Å². The zero-order chi connectivity index (χ0) is 14.7. The molecule has 0 fully saturated rings. The molecule has 0 radical (unpaired) electrons. The zero-order valence-corrected chi connectivity index (χ0v) is 15.0. The minimum Gasteiger partial charge on any atom is -0.483 e. The van der Waals surface area contributed by atoms with Gasteiger partial charge >= 0.3 is 0 Å². The summed E-state index contributed by atoms with van der Waals surface area (Å²) in [7, 11) is 3.77. The van der Waals surface area contributed by atoms with Crippen molar-refractivity contribution in [1.82, 2.24) is 14.9 Å². The topological polar surface area (TPSA) is 39.1 Å². The number of halogens is 3. The van der Waals surface area contributed by atoms with E-state index in [1.165, 1.54) is 5.56 Å². The summed E-state index contributed by atoms with van der Waals surface area (Å²) in [5.74, 6) is 1.53. The molecule has 20 heavy (non-hydrogen) atoms. The van der Waals surface area contributed by atoms with Crippen molar-refractivity contribution >= 4 is 43.5 Å². The molecule has 7 heteroatoms. The maximum Gasteiger partial charge on any atom is 0.148 e. The van der Waals surface area contributed by atoms with Crippen LogP contribution in [-0.4, -0.2) is 16.6 Å². The number of nitrogens with zero attached hydrogens (tertiary/aromatic N) is 2. The van der Waals surface area contributed by atoms with Crippen molar-refractivity contribution in [3.05, 3.63) is 43.8 Å². The predicted octanol–water partition coefficient (Wildman–Crippen LogP) is 3.90. The van der Waals surface area contributed by atoms with Gasteiger partial charge in [0.2, 0.25) is 0 Å². The van der Waals surface area contributed by atoms with Gasteiger partial charge in [0.1, 0.15) is 23.3 Å². The predicted molar refractivity (Wildman–Crippen MR) is 87.2 cm³/mol. The van der Waals surface area contributed by atoms with Crippen LogP contribution >= 0.6 is 43.5 Å². The molecule has 0 amide bonds. The Kier molecular flexibility index (Phi) is 5.49. The minimum atomic E-state index is 0.353. The number of hydrogen-bond donors (Lipinski definition) is 1. The molecule has 1 heterocycles. The number of ether oxygens (including phenoxy) is 1. The van der Waals surface area contributed by atoms with E-state index in [9.17, 15) is 0 Å². The van der Waals surface area contributed by atoms with Crippen LogP contribution in [0.15, 0.2) is 27.3 Å². The molecule has 2 aromatic rings. The van der Waals surface area contributed by atoms with Gasteiger partial charge in [-0.2, -0.15) is 0 Å². The van der Waals surface area contributed by atoms with Crippen LogP contribution in [0.5, 0.6) is 5.75 Å². The highest BCUT2D eigenvalue weighted by Crippen LogP contribution is 2.35. The molecule has 1 N–H and O–H groups in total. The summed E-state index contributed by atoms with van der Waals surface area (Å²) >= 11 is 13.0. The Morgan fingerprint density at radius 1 is 1.35 bits per heavy atom. The summed E-state index contributed by atoms with van der Waals surface area (Å²) in [6.45, 7) is 1.15. The van der Waals surface area contributed by atoms with Crippen molar-refractivity contribution in [3.8, 4) is 5.75 Å². The zero-order valence-electron chi connectivity index (χ0n) is 11.1. The normalized spacial score (nSPS) is 10.8. The van der Waals surface area contributed by atoms with Crippen molar-refractivity contribution in [2.45, 2.75) is 13.2 Å². The molecule has 2 rings (SSSR count). The van der Waals surface area contributed by atoms with Crippen LogP contribution in [0.25, 0.3) is 0 Å². The second-order valence-electron chi connectivity index (χ2n) is 4.26. The molecule has 0 aliphatic carbocycles. The third kappa shape index (κ3) is 3.55. The lowest BCUT2D eigenvalue weighted by Crippen LogP contribution is -2.07. The largest absolute Gasteiger partial charge is 0.483 e. The number of hydrogen-bond acceptors (Lipinski definition) is 3. The summed E-state index contributed by atoms with van der Waals surface area (Å²) in [5.41, 5.74) is 1.17. The molecule has 0 saturated carbocycles. The Hall–Kier alpha value is -0.560. The van der Waals surface area contributed by atoms with E-state index in [1.54, 1.807) is 10.8 Å². The summed E-state index contributed by atoms with van der Waals surface area (Å²) < 4.78 is 9.42. The van der Waals surface area contributed by atoms with Crippen LogP contribution in [0.1, 0.15) is 11.4 Å². The molecular weight excluding hydrogens is 409 g/mol. The van der Waals surface area contributed by atoms with Gasteiger partial charge in [0.05, 0.1) is 15.1 Å². The quantitative estimate of drug-likeness (QED) is 0.793. The lowest BCUT2D eigenvalue weighted by Gasteiger charge is -2.12. The van der Waals surface area contributed by atoms with Gasteiger partial charge in [0, 0.05) is 13.6 Å². The van der Waals surface area contributed by atoms with Crippen LogP contribution in [-0.2, 0) is 20.2 Å². The molecule has 0 bridgehead atoms. The van der Waals surface area contributed by atoms with E-state index in [0.29, 0.717) is 11.8 Å². The molecule has 108 valence electrons. The average Bonchev–Trinajstić information content (AvgIpc) is 2.70. The first kappa shape index (κ1) is 15.8. The van der Waals surface area contributed by atoms with E-state index < -0.39 is 0 Å². The van der Waals surface area contributed by atoms with Crippen LogP contribution in [0, 0.1) is 0 Å². The second-order valence-corrected chi connectivity index (χ2v) is 6.36. The van der Waals surface area contributed by atoms with E-state index in [-0.39, 0.29) is 0 Å².